The van der Waals surface area contributed by atoms with Gasteiger partial charge in [-0.3, -0.25) is 43.7 Å². The second-order valence-corrected chi connectivity index (χ2v) is 29.9. The van der Waals surface area contributed by atoms with E-state index in [1.807, 2.05) is 257 Å². The Labute approximate surface area is 685 Å². The fourth-order valence-electron chi connectivity index (χ4n) is 14.7. The van der Waals surface area contributed by atoms with Crippen molar-refractivity contribution in [3.8, 4) is 5.75 Å². The van der Waals surface area contributed by atoms with E-state index in [-0.39, 0.29) is 25.9 Å². The van der Waals surface area contributed by atoms with Crippen molar-refractivity contribution in [2.45, 2.75) is 126 Å². The van der Waals surface area contributed by atoms with E-state index in [1.54, 1.807) is 74.5 Å². The lowest BCUT2D eigenvalue weighted by atomic mass is 9.77. The monoisotopic (exact) mass is 1590 g/mol. The van der Waals surface area contributed by atoms with Gasteiger partial charge in [-0.15, -0.1) is 0 Å². The van der Waals surface area contributed by atoms with Gasteiger partial charge in [-0.05, 0) is 107 Å². The minimum Gasteiger partial charge on any atom is -0.488 e. The van der Waals surface area contributed by atoms with Crippen molar-refractivity contribution >= 4 is 53.0 Å². The lowest BCUT2D eigenvalue weighted by Gasteiger charge is -2.37. The Morgan fingerprint density at radius 2 is 0.814 bits per heavy atom. The summed E-state index contributed by atoms with van der Waals surface area (Å²) in [6.45, 7) is 8.64. The molecule has 0 fully saturated rings. The number of aliphatic carboxylic acids is 1. The summed E-state index contributed by atoms with van der Waals surface area (Å²) >= 11 is 0. The highest BCUT2D eigenvalue weighted by Crippen LogP contribution is 2.42. The maximum Gasteiger partial charge on any atom is 0.326 e. The van der Waals surface area contributed by atoms with Gasteiger partial charge in [0.05, 0.1) is 23.5 Å². The summed E-state index contributed by atoms with van der Waals surface area (Å²) in [5, 5.41) is 43.2. The molecular formula is C96H95FN8O13. The van der Waals surface area contributed by atoms with Crippen molar-refractivity contribution in [3.63, 3.8) is 0 Å². The number of hydrogen-bond donors (Lipinski definition) is 8. The van der Waals surface area contributed by atoms with Crippen LogP contribution in [0.15, 0.2) is 315 Å². The Balaban J connectivity index is 0.979. The molecule has 11 aromatic rings. The number of carboxylic acids is 1. The van der Waals surface area contributed by atoms with E-state index in [4.69, 9.17) is 9.47 Å². The Morgan fingerprint density at radius 3 is 1.20 bits per heavy atom. The van der Waals surface area contributed by atoms with E-state index in [2.05, 4.69) is 37.2 Å². The Morgan fingerprint density at radius 1 is 0.441 bits per heavy atom. The first kappa shape index (κ1) is 85.2. The molecule has 21 nitrogen and oxygen atoms in total. The summed E-state index contributed by atoms with van der Waals surface area (Å²) in [7, 11) is 0. The standard InChI is InChI=1S/C96H95FN8O13/c1-6-65(2)86(102-90(111)82(62-66-52-55-77(56-53-66)118-93(3,4)5)100-87(108)78-63-76(105(115)116)54-57-79(78)97)91(112)98-80(58-59-84(106)103-94(67-34-16-7-17-35-67,68-36-18-8-19-37-68)69-38-20-9-21-39-69)88(109)101-83(64-85(107)104-95(70-40-22-10-23-41-70,71-42-24-11-25-43-71)72-44-26-12-27-45-72)89(110)99-81(92(113)114)60-61-117-96(73-46-28-13-29-47-73,74-48-30-14-31-49-74)75-50-32-15-33-51-75/h7-57,63,65,80-83,86H,6,58-62,64H2,1-5H3,(H,98,112)(H,99,110)(H,100,108)(H,101,109)(H,102,111)(H,103,106)(H,104,107)(H,113,114)/t65-,80-,81-,82-,83-,86-/m0/s1. The van der Waals surface area contributed by atoms with E-state index >= 15 is 33.2 Å². The third kappa shape index (κ3) is 20.9. The van der Waals surface area contributed by atoms with E-state index < -0.39 is 147 Å². The molecule has 11 aromatic carbocycles. The highest BCUT2D eigenvalue weighted by atomic mass is 19.1. The molecule has 0 radical (unpaired) electrons. The second kappa shape index (κ2) is 39.5. The number of nitro benzene ring substituents is 1. The first-order valence-electron chi connectivity index (χ1n) is 39.1. The molecule has 0 unspecified atom stereocenters. The number of non-ortho nitro benzene ring substituents is 1. The number of nitro groups is 1. The van der Waals surface area contributed by atoms with E-state index in [9.17, 15) is 24.8 Å². The molecule has 0 aliphatic rings. The van der Waals surface area contributed by atoms with Crippen LogP contribution in [-0.2, 0) is 61.4 Å². The Hall–Kier alpha value is -13.7. The third-order valence-corrected chi connectivity index (χ3v) is 20.7. The number of benzene rings is 11. The molecule has 0 aromatic heterocycles. The summed E-state index contributed by atoms with van der Waals surface area (Å²) in [5.74, 6) is -9.91. The molecule has 22 heteroatoms. The van der Waals surface area contributed by atoms with Crippen molar-refractivity contribution in [1.82, 2.24) is 37.2 Å². The normalized spacial score (nSPS) is 13.1. The first-order chi connectivity index (χ1) is 56.9. The number of carbonyl (C=O) groups is 8. The summed E-state index contributed by atoms with van der Waals surface area (Å²) in [6, 6.07) is 83.2. The smallest absolute Gasteiger partial charge is 0.326 e. The number of carbonyl (C=O) groups excluding carboxylic acids is 7. The largest absolute Gasteiger partial charge is 0.488 e. The molecule has 0 bridgehead atoms. The number of nitrogens with one attached hydrogen (secondary N) is 7. The minimum atomic E-state index is -1.98. The quantitative estimate of drug-likeness (QED) is 0.0102. The van der Waals surface area contributed by atoms with Crippen LogP contribution in [0.2, 0.25) is 0 Å². The van der Waals surface area contributed by atoms with Gasteiger partial charge >= 0.3 is 5.97 Å². The molecule has 8 N–H and O–H groups in total. The van der Waals surface area contributed by atoms with Crippen molar-refractivity contribution < 1.29 is 62.3 Å². The number of nitrogens with zero attached hydrogens (tertiary/aromatic N) is 1. The summed E-state index contributed by atoms with van der Waals surface area (Å²) in [5.41, 5.74) is 0.191. The van der Waals surface area contributed by atoms with Crippen molar-refractivity contribution in [3.05, 3.63) is 393 Å². The summed E-state index contributed by atoms with van der Waals surface area (Å²) in [4.78, 5) is 133. The fourth-order valence-corrected chi connectivity index (χ4v) is 14.7. The molecule has 0 spiro atoms. The SMILES string of the molecule is CC[C@H](C)[C@H](NC(=O)[C@H](Cc1ccc(OC(C)(C)C)cc1)NC(=O)c1cc([N+](=O)[O-])ccc1F)C(=O)N[C@@H](CCC(=O)NC(c1ccccc1)(c1ccccc1)c1ccccc1)C(=O)N[C@@H](CC(=O)NC(c1ccccc1)(c1ccccc1)c1ccccc1)C(=O)N[C@@H](CCOC(c1ccccc1)(c1ccccc1)c1ccccc1)C(=O)O. The molecule has 7 amide bonds. The zero-order valence-electron chi connectivity index (χ0n) is 66.1. The molecular weight excluding hydrogens is 1490 g/mol. The Bertz CT molecular complexity index is 4930. The van der Waals surface area contributed by atoms with E-state index in [0.29, 0.717) is 61.4 Å². The van der Waals surface area contributed by atoms with Crippen LogP contribution in [0, 0.1) is 21.8 Å². The maximum absolute atomic E-state index is 16.1. The van der Waals surface area contributed by atoms with Gasteiger partial charge in [0.1, 0.15) is 64.1 Å². The van der Waals surface area contributed by atoms with Crippen LogP contribution in [0.1, 0.15) is 133 Å². The molecule has 6 atom stereocenters. The number of carboxylic acid groups (broad SMARTS) is 1. The van der Waals surface area contributed by atoms with Crippen molar-refractivity contribution in [1.29, 1.82) is 0 Å². The number of rotatable bonds is 37. The summed E-state index contributed by atoms with van der Waals surface area (Å²) in [6.07, 6.45) is -2.42. The fraction of sp³-hybridized carbons (Fsp3) is 0.229. The topological polar surface area (TPSA) is 303 Å². The lowest BCUT2D eigenvalue weighted by Crippen LogP contribution is -2.61. The molecule has 0 heterocycles. The molecule has 0 aliphatic carbocycles. The van der Waals surface area contributed by atoms with Crippen molar-refractivity contribution in [2.75, 3.05) is 6.61 Å². The van der Waals surface area contributed by atoms with Gasteiger partial charge in [-0.1, -0.05) is 305 Å². The highest BCUT2D eigenvalue weighted by Gasteiger charge is 2.44. The molecule has 0 aliphatic heterocycles. The van der Waals surface area contributed by atoms with Crippen LogP contribution in [0.3, 0.4) is 0 Å². The first-order valence-corrected chi connectivity index (χ1v) is 39.1. The average molecular weight is 1590 g/mol. The van der Waals surface area contributed by atoms with Gasteiger partial charge in [-0.25, -0.2) is 9.18 Å². The third-order valence-electron chi connectivity index (χ3n) is 20.7. The zero-order valence-corrected chi connectivity index (χ0v) is 66.1. The summed E-state index contributed by atoms with van der Waals surface area (Å²) < 4.78 is 28.7. The number of amides is 7. The van der Waals surface area contributed by atoms with Gasteiger partial charge in [0.2, 0.25) is 35.4 Å². The predicted octanol–water partition coefficient (Wildman–Crippen LogP) is 14.1. The number of hydrogen-bond acceptors (Lipinski definition) is 12. The van der Waals surface area contributed by atoms with Crippen LogP contribution in [0.4, 0.5) is 10.1 Å². The highest BCUT2D eigenvalue weighted by molar-refractivity contribution is 6.00. The van der Waals surface area contributed by atoms with Gasteiger partial charge in [-0.2, -0.15) is 0 Å². The van der Waals surface area contributed by atoms with Gasteiger partial charge in [0.25, 0.3) is 11.6 Å². The van der Waals surface area contributed by atoms with Crippen LogP contribution < -0.4 is 42.0 Å². The van der Waals surface area contributed by atoms with Gasteiger partial charge in [0, 0.05) is 31.4 Å². The Kier molecular flexibility index (Phi) is 28.5. The van der Waals surface area contributed by atoms with E-state index in [1.165, 1.54) is 0 Å². The predicted molar refractivity (Wildman–Crippen MR) is 448 cm³/mol. The second-order valence-electron chi connectivity index (χ2n) is 29.9. The maximum atomic E-state index is 16.1. The number of ether oxygens (including phenoxy) is 2. The minimum absolute atomic E-state index is 0.193. The molecule has 118 heavy (non-hydrogen) atoms. The van der Waals surface area contributed by atoms with E-state index in [0.717, 1.165) is 18.2 Å². The number of halogens is 1. The molecule has 604 valence electrons. The average Bonchev–Trinajstić information content (AvgIpc) is 0.774. The van der Waals surface area contributed by atoms with Gasteiger partial charge < -0.3 is 51.8 Å². The molecule has 11 rings (SSSR count). The molecule has 0 saturated carbocycles. The van der Waals surface area contributed by atoms with Crippen molar-refractivity contribution in [2.24, 2.45) is 5.92 Å². The lowest BCUT2D eigenvalue weighted by molar-refractivity contribution is -0.384. The molecule has 0 saturated heterocycles. The van der Waals surface area contributed by atoms with Crippen LogP contribution in [0.5, 0.6) is 5.75 Å². The van der Waals surface area contributed by atoms with Crippen LogP contribution >= 0.6 is 0 Å². The van der Waals surface area contributed by atoms with Gasteiger partial charge in [0.15, 0.2) is 0 Å². The zero-order chi connectivity index (χ0) is 83.8. The van der Waals surface area contributed by atoms with Crippen LogP contribution in [-0.4, -0.2) is 99.8 Å². The van der Waals surface area contributed by atoms with Crippen LogP contribution in [0.25, 0.3) is 0 Å².